The molecule has 0 saturated carbocycles. The minimum absolute atomic E-state index is 0.0640. The molecule has 0 aliphatic rings. The normalized spacial score (nSPS) is 10.7. The molecule has 0 aliphatic carbocycles. The number of amides is 1. The van der Waals surface area contributed by atoms with Gasteiger partial charge in [0.05, 0.1) is 16.0 Å². The van der Waals surface area contributed by atoms with Gasteiger partial charge in [-0.1, -0.05) is 29.2 Å². The third-order valence-electron chi connectivity index (χ3n) is 2.47. The van der Waals surface area contributed by atoms with Gasteiger partial charge in [-0.15, -0.1) is 0 Å². The Balaban J connectivity index is 2.15. The van der Waals surface area contributed by atoms with Crippen LogP contribution in [0.4, 0.5) is 5.13 Å². The largest absolute Gasteiger partial charge is 0.301 e. The zero-order chi connectivity index (χ0) is 14.0. The maximum absolute atomic E-state index is 11.6. The van der Waals surface area contributed by atoms with Gasteiger partial charge in [-0.05, 0) is 31.0 Å². The van der Waals surface area contributed by atoms with Crippen molar-refractivity contribution in [1.29, 1.82) is 0 Å². The molecule has 6 heteroatoms. The molecule has 100 valence electrons. The Kier molecular flexibility index (Phi) is 4.21. The number of aromatic nitrogens is 1. The van der Waals surface area contributed by atoms with Crippen molar-refractivity contribution in [2.45, 2.75) is 20.8 Å². The molecule has 1 heterocycles. The topological polar surface area (TPSA) is 59.1 Å². The van der Waals surface area contributed by atoms with E-state index in [4.69, 9.17) is 0 Å². The van der Waals surface area contributed by atoms with E-state index in [2.05, 4.69) is 16.4 Å². The zero-order valence-electron chi connectivity index (χ0n) is 10.9. The second kappa shape index (κ2) is 5.71. The Hall–Kier alpha value is -1.40. The Morgan fingerprint density at radius 2 is 2.11 bits per heavy atom. The molecule has 0 saturated heterocycles. The molecule has 0 spiro atoms. The van der Waals surface area contributed by atoms with Crippen molar-refractivity contribution in [1.82, 2.24) is 4.98 Å². The molecule has 0 unspecified atom stereocenters. The number of benzene rings is 1. The van der Waals surface area contributed by atoms with E-state index in [-0.39, 0.29) is 16.8 Å². The molecule has 1 amide bonds. The van der Waals surface area contributed by atoms with Crippen molar-refractivity contribution in [3.8, 4) is 0 Å². The van der Waals surface area contributed by atoms with Gasteiger partial charge < -0.3 is 5.32 Å². The summed E-state index contributed by atoms with van der Waals surface area (Å²) in [5.41, 5.74) is 3.21. The molecule has 1 N–H and O–H groups in total. The average molecular weight is 294 g/mol. The highest BCUT2D eigenvalue weighted by Crippen LogP contribution is 2.29. The fourth-order valence-electron chi connectivity index (χ4n) is 1.75. The molecule has 0 aliphatic heterocycles. The first-order valence-electron chi connectivity index (χ1n) is 5.76. The van der Waals surface area contributed by atoms with Crippen LogP contribution in [0.3, 0.4) is 0 Å². The summed E-state index contributed by atoms with van der Waals surface area (Å²) in [6, 6.07) is 4.09. The molecular formula is C13H14N2O2S2. The molecule has 1 aromatic heterocycles. The maximum Gasteiger partial charge on any atom is 0.236 e. The van der Waals surface area contributed by atoms with Gasteiger partial charge in [-0.3, -0.25) is 9.59 Å². The first kappa shape index (κ1) is 14.0. The number of fused-ring (bicyclic) bond motifs is 1. The number of carbonyl (C=O) groups is 2. The van der Waals surface area contributed by atoms with E-state index in [1.165, 1.54) is 18.3 Å². The lowest BCUT2D eigenvalue weighted by Crippen LogP contribution is -2.14. The predicted molar refractivity (Wildman–Crippen MR) is 80.9 cm³/mol. The quantitative estimate of drug-likeness (QED) is 0.945. The number of anilines is 1. The lowest BCUT2D eigenvalue weighted by molar-refractivity contribution is -0.114. The minimum atomic E-state index is -0.200. The van der Waals surface area contributed by atoms with E-state index >= 15 is 0 Å². The Labute approximate surface area is 119 Å². The van der Waals surface area contributed by atoms with E-state index in [9.17, 15) is 9.59 Å². The smallest absolute Gasteiger partial charge is 0.236 e. The number of nitrogens with one attached hydrogen (secondary N) is 1. The fourth-order valence-corrected chi connectivity index (χ4v) is 3.09. The zero-order valence-corrected chi connectivity index (χ0v) is 12.6. The Morgan fingerprint density at radius 3 is 2.79 bits per heavy atom. The van der Waals surface area contributed by atoms with E-state index in [0.717, 1.165) is 33.1 Å². The number of hydrogen-bond acceptors (Lipinski definition) is 5. The number of nitrogens with zero attached hydrogens (tertiary/aromatic N) is 1. The van der Waals surface area contributed by atoms with E-state index in [1.54, 1.807) is 0 Å². The Bertz CT molecular complexity index is 649. The number of rotatable bonds is 3. The summed E-state index contributed by atoms with van der Waals surface area (Å²) in [5, 5.41) is 3.25. The van der Waals surface area contributed by atoms with Crippen LogP contribution in [0.15, 0.2) is 12.1 Å². The van der Waals surface area contributed by atoms with Crippen LogP contribution < -0.4 is 5.32 Å². The third kappa shape index (κ3) is 3.54. The van der Waals surface area contributed by atoms with Crippen molar-refractivity contribution in [3.63, 3.8) is 0 Å². The molecule has 0 atom stereocenters. The molecule has 2 rings (SSSR count). The van der Waals surface area contributed by atoms with Crippen LogP contribution in [-0.4, -0.2) is 21.8 Å². The van der Waals surface area contributed by atoms with E-state index in [1.807, 2.05) is 19.9 Å². The van der Waals surface area contributed by atoms with E-state index < -0.39 is 0 Å². The van der Waals surface area contributed by atoms with Gasteiger partial charge in [0.15, 0.2) is 10.2 Å². The Morgan fingerprint density at radius 1 is 1.37 bits per heavy atom. The standard InChI is InChI=1S/C13H14N2O2S2/c1-7-4-8(2)12-10(5-7)14-13(19-12)15-11(17)6-18-9(3)16/h4-5H,6H2,1-3H3,(H,14,15,17). The third-order valence-corrected chi connectivity index (χ3v) is 4.41. The number of hydrogen-bond donors (Lipinski definition) is 1. The highest BCUT2D eigenvalue weighted by Gasteiger charge is 2.10. The van der Waals surface area contributed by atoms with Crippen LogP contribution in [0.5, 0.6) is 0 Å². The first-order chi connectivity index (χ1) is 8.95. The van der Waals surface area contributed by atoms with Gasteiger partial charge in [0.25, 0.3) is 0 Å². The van der Waals surface area contributed by atoms with E-state index in [0.29, 0.717) is 5.13 Å². The van der Waals surface area contributed by atoms with Gasteiger partial charge in [0.2, 0.25) is 5.91 Å². The molecule has 1 aromatic carbocycles. The summed E-state index contributed by atoms with van der Waals surface area (Å²) in [6.45, 7) is 5.50. The molecule has 0 fully saturated rings. The lowest BCUT2D eigenvalue weighted by atomic mass is 10.1. The van der Waals surface area contributed by atoms with Gasteiger partial charge in [-0.25, -0.2) is 4.98 Å². The number of carbonyl (C=O) groups excluding carboxylic acids is 2. The highest BCUT2D eigenvalue weighted by atomic mass is 32.2. The summed E-state index contributed by atoms with van der Waals surface area (Å²) in [5.74, 6) is -0.0721. The molecule has 2 aromatic rings. The number of thiazole rings is 1. The van der Waals surface area contributed by atoms with Crippen molar-refractivity contribution in [3.05, 3.63) is 23.3 Å². The van der Waals surface area contributed by atoms with Crippen LogP contribution in [0.25, 0.3) is 10.2 Å². The van der Waals surface area contributed by atoms with Gasteiger partial charge in [0.1, 0.15) is 0 Å². The van der Waals surface area contributed by atoms with Crippen molar-refractivity contribution < 1.29 is 9.59 Å². The van der Waals surface area contributed by atoms with Crippen LogP contribution >= 0.6 is 23.1 Å². The maximum atomic E-state index is 11.6. The highest BCUT2D eigenvalue weighted by molar-refractivity contribution is 8.14. The summed E-state index contributed by atoms with van der Waals surface area (Å²) in [7, 11) is 0. The number of thioether (sulfide) groups is 1. The second-order valence-electron chi connectivity index (χ2n) is 4.28. The number of aryl methyl sites for hydroxylation is 2. The van der Waals surface area contributed by atoms with Crippen LogP contribution in [0, 0.1) is 13.8 Å². The average Bonchev–Trinajstić information content (AvgIpc) is 2.69. The van der Waals surface area contributed by atoms with Gasteiger partial charge >= 0.3 is 0 Å². The molecular weight excluding hydrogens is 280 g/mol. The molecule has 0 radical (unpaired) electrons. The lowest BCUT2D eigenvalue weighted by Gasteiger charge is -1.98. The van der Waals surface area contributed by atoms with Crippen LogP contribution in [0.2, 0.25) is 0 Å². The summed E-state index contributed by atoms with van der Waals surface area (Å²) >= 11 is 2.45. The summed E-state index contributed by atoms with van der Waals surface area (Å²) < 4.78 is 1.08. The minimum Gasteiger partial charge on any atom is -0.301 e. The monoisotopic (exact) mass is 294 g/mol. The summed E-state index contributed by atoms with van der Waals surface area (Å²) in [6.07, 6.45) is 0. The first-order valence-corrected chi connectivity index (χ1v) is 7.57. The second-order valence-corrected chi connectivity index (χ2v) is 6.43. The van der Waals surface area contributed by atoms with Crippen molar-refractivity contribution >= 4 is 49.5 Å². The SMILES string of the molecule is CC(=O)SCC(=O)Nc1nc2cc(C)cc(C)c2s1. The molecule has 19 heavy (non-hydrogen) atoms. The summed E-state index contributed by atoms with van der Waals surface area (Å²) in [4.78, 5) is 26.8. The van der Waals surface area contributed by atoms with Gasteiger partial charge in [0, 0.05) is 6.92 Å². The molecule has 0 bridgehead atoms. The van der Waals surface area contributed by atoms with Gasteiger partial charge in [-0.2, -0.15) is 0 Å². The predicted octanol–water partition coefficient (Wildman–Crippen LogP) is 3.13. The van der Waals surface area contributed by atoms with Crippen LogP contribution in [0.1, 0.15) is 18.1 Å². The van der Waals surface area contributed by atoms with Crippen molar-refractivity contribution in [2.24, 2.45) is 0 Å². The fraction of sp³-hybridized carbons (Fsp3) is 0.308. The van der Waals surface area contributed by atoms with Crippen LogP contribution in [-0.2, 0) is 9.59 Å². The molecule has 4 nitrogen and oxygen atoms in total. The van der Waals surface area contributed by atoms with Crippen molar-refractivity contribution in [2.75, 3.05) is 11.1 Å².